The summed E-state index contributed by atoms with van der Waals surface area (Å²) in [4.78, 5) is 26.7. The van der Waals surface area contributed by atoms with Gasteiger partial charge in [-0.25, -0.2) is 0 Å². The van der Waals surface area contributed by atoms with Crippen molar-refractivity contribution < 1.29 is 37.0 Å². The topological polar surface area (TPSA) is 77.1 Å². The molecule has 2 aliphatic heterocycles. The van der Waals surface area contributed by atoms with Crippen molar-refractivity contribution in [1.29, 1.82) is 0 Å². The van der Waals surface area contributed by atoms with Gasteiger partial charge in [-0.1, -0.05) is 12.1 Å². The number of fused-ring (bicyclic) bond motifs is 1. The zero-order valence-electron chi connectivity index (χ0n) is 16.3. The third kappa shape index (κ3) is 4.84. The molecule has 1 atom stereocenters. The van der Waals surface area contributed by atoms with Crippen LogP contribution in [0.5, 0.6) is 17.2 Å². The number of amides is 2. The minimum absolute atomic E-state index is 0.0220. The van der Waals surface area contributed by atoms with E-state index in [1.807, 2.05) is 0 Å². The highest BCUT2D eigenvalue weighted by atomic mass is 19.4. The van der Waals surface area contributed by atoms with Gasteiger partial charge >= 0.3 is 6.18 Å². The van der Waals surface area contributed by atoms with E-state index in [1.165, 1.54) is 23.1 Å². The number of hydrogen-bond donors (Lipinski definition) is 1. The van der Waals surface area contributed by atoms with Gasteiger partial charge in [0.15, 0.2) is 18.1 Å². The van der Waals surface area contributed by atoms with Gasteiger partial charge in [0.05, 0.1) is 11.6 Å². The van der Waals surface area contributed by atoms with Crippen molar-refractivity contribution in [3.8, 4) is 17.2 Å². The van der Waals surface area contributed by atoms with E-state index in [1.54, 1.807) is 24.3 Å². The Hall–Kier alpha value is -3.43. The average Bonchev–Trinajstić information content (AvgIpc) is 3.14. The maximum atomic E-state index is 12.7. The zero-order chi connectivity index (χ0) is 22.0. The molecule has 0 radical (unpaired) electrons. The number of halogens is 3. The molecule has 0 bridgehead atoms. The summed E-state index contributed by atoms with van der Waals surface area (Å²) in [6.45, 7) is -0.480. The van der Waals surface area contributed by atoms with Crippen molar-refractivity contribution in [2.75, 3.05) is 36.6 Å². The Morgan fingerprint density at radius 2 is 1.87 bits per heavy atom. The Kier molecular flexibility index (Phi) is 5.62. The molecule has 2 aromatic carbocycles. The molecule has 0 saturated carbocycles. The molecule has 2 aliphatic rings. The van der Waals surface area contributed by atoms with Gasteiger partial charge in [0, 0.05) is 24.7 Å². The van der Waals surface area contributed by atoms with Crippen LogP contribution in [-0.2, 0) is 9.59 Å². The molecule has 1 fully saturated rings. The van der Waals surface area contributed by atoms with Crippen LogP contribution in [0.4, 0.5) is 24.5 Å². The third-order valence-corrected chi connectivity index (χ3v) is 4.87. The molecule has 0 aliphatic carbocycles. The number of ether oxygens (including phenoxy) is 3. The number of carbonyl (C=O) groups excluding carboxylic acids is 2. The van der Waals surface area contributed by atoms with E-state index in [-0.39, 0.29) is 30.3 Å². The molecule has 0 unspecified atom stereocenters. The molecule has 2 aromatic rings. The first-order valence-electron chi connectivity index (χ1n) is 9.59. The standard InChI is InChI=1S/C21H19F3N2O5/c22-21(23,24)12-31-16-4-2-1-3-15(16)25-20(28)13-9-19(27)26(11-13)14-5-6-17-18(10-14)30-8-7-29-17/h1-6,10,13H,7-9,11-12H2,(H,25,28)/t13-/m1/s1. The predicted molar refractivity (Wildman–Crippen MR) is 105 cm³/mol. The van der Waals surface area contributed by atoms with Crippen molar-refractivity contribution >= 4 is 23.2 Å². The van der Waals surface area contributed by atoms with Crippen LogP contribution in [0.1, 0.15) is 6.42 Å². The fourth-order valence-corrected chi connectivity index (χ4v) is 3.42. The highest BCUT2D eigenvalue weighted by molar-refractivity contribution is 6.04. The van der Waals surface area contributed by atoms with E-state index in [0.29, 0.717) is 30.4 Å². The van der Waals surface area contributed by atoms with E-state index >= 15 is 0 Å². The van der Waals surface area contributed by atoms with Crippen LogP contribution < -0.4 is 24.4 Å². The van der Waals surface area contributed by atoms with Gasteiger partial charge in [-0.15, -0.1) is 0 Å². The molecular formula is C21H19F3N2O5. The second-order valence-electron chi connectivity index (χ2n) is 7.12. The van der Waals surface area contributed by atoms with Gasteiger partial charge in [0.25, 0.3) is 0 Å². The summed E-state index contributed by atoms with van der Waals surface area (Å²) < 4.78 is 53.2. The van der Waals surface area contributed by atoms with Crippen LogP contribution >= 0.6 is 0 Å². The van der Waals surface area contributed by atoms with Crippen LogP contribution in [0.15, 0.2) is 42.5 Å². The maximum Gasteiger partial charge on any atom is 0.422 e. The van der Waals surface area contributed by atoms with Gasteiger partial charge in [-0.05, 0) is 24.3 Å². The van der Waals surface area contributed by atoms with E-state index < -0.39 is 24.6 Å². The molecule has 2 heterocycles. The van der Waals surface area contributed by atoms with E-state index in [9.17, 15) is 22.8 Å². The fourth-order valence-electron chi connectivity index (χ4n) is 3.42. The number of rotatable bonds is 5. The van der Waals surface area contributed by atoms with Crippen molar-refractivity contribution in [2.24, 2.45) is 5.92 Å². The molecule has 0 aromatic heterocycles. The SMILES string of the molecule is O=C(Nc1ccccc1OCC(F)(F)F)[C@@H]1CC(=O)N(c2ccc3c(c2)OCCO3)C1. The first kappa shape index (κ1) is 20.8. The summed E-state index contributed by atoms with van der Waals surface area (Å²) in [7, 11) is 0. The summed E-state index contributed by atoms with van der Waals surface area (Å²) in [6, 6.07) is 11.0. The molecule has 1 N–H and O–H groups in total. The van der Waals surface area contributed by atoms with Crippen molar-refractivity contribution in [3.63, 3.8) is 0 Å². The number of para-hydroxylation sites is 2. The van der Waals surface area contributed by atoms with Crippen LogP contribution in [0, 0.1) is 5.92 Å². The summed E-state index contributed by atoms with van der Waals surface area (Å²) in [5.74, 6) is -0.362. The molecule has 4 rings (SSSR count). The quantitative estimate of drug-likeness (QED) is 0.778. The second-order valence-corrected chi connectivity index (χ2v) is 7.12. The molecule has 0 spiro atoms. The van der Waals surface area contributed by atoms with Crippen LogP contribution in [0.3, 0.4) is 0 Å². The number of nitrogens with zero attached hydrogens (tertiary/aromatic N) is 1. The number of benzene rings is 2. The highest BCUT2D eigenvalue weighted by Gasteiger charge is 2.36. The normalized spacial score (nSPS) is 18.1. The van der Waals surface area contributed by atoms with Crippen molar-refractivity contribution in [1.82, 2.24) is 0 Å². The second kappa shape index (κ2) is 8.37. The van der Waals surface area contributed by atoms with Crippen LogP contribution in [0.2, 0.25) is 0 Å². The monoisotopic (exact) mass is 436 g/mol. The summed E-state index contributed by atoms with van der Waals surface area (Å²) >= 11 is 0. The number of alkyl halides is 3. The van der Waals surface area contributed by atoms with E-state index in [0.717, 1.165) is 0 Å². The van der Waals surface area contributed by atoms with Crippen LogP contribution in [0.25, 0.3) is 0 Å². The maximum absolute atomic E-state index is 12.7. The number of anilines is 2. The molecule has 1 saturated heterocycles. The first-order valence-corrected chi connectivity index (χ1v) is 9.59. The number of nitrogens with one attached hydrogen (secondary N) is 1. The van der Waals surface area contributed by atoms with Gasteiger partial charge in [-0.2, -0.15) is 13.2 Å². The van der Waals surface area contributed by atoms with E-state index in [4.69, 9.17) is 14.2 Å². The Morgan fingerprint density at radius 1 is 1.13 bits per heavy atom. The van der Waals surface area contributed by atoms with Gasteiger partial charge in [0.1, 0.15) is 19.0 Å². The highest BCUT2D eigenvalue weighted by Crippen LogP contribution is 2.36. The smallest absolute Gasteiger partial charge is 0.422 e. The summed E-state index contributed by atoms with van der Waals surface area (Å²) in [5, 5.41) is 2.58. The molecule has 7 nitrogen and oxygen atoms in total. The van der Waals surface area contributed by atoms with Gasteiger partial charge in [-0.3, -0.25) is 9.59 Å². The zero-order valence-corrected chi connectivity index (χ0v) is 16.3. The Bertz CT molecular complexity index is 995. The lowest BCUT2D eigenvalue weighted by molar-refractivity contribution is -0.153. The largest absolute Gasteiger partial charge is 0.486 e. The number of carbonyl (C=O) groups is 2. The van der Waals surface area contributed by atoms with Crippen molar-refractivity contribution in [3.05, 3.63) is 42.5 Å². The first-order chi connectivity index (χ1) is 14.8. The molecule has 31 heavy (non-hydrogen) atoms. The van der Waals surface area contributed by atoms with Gasteiger partial charge in [0.2, 0.25) is 11.8 Å². The molecule has 164 valence electrons. The minimum atomic E-state index is -4.50. The van der Waals surface area contributed by atoms with E-state index in [2.05, 4.69) is 5.32 Å². The lowest BCUT2D eigenvalue weighted by Gasteiger charge is -2.22. The lowest BCUT2D eigenvalue weighted by Crippen LogP contribution is -2.28. The molecule has 2 amide bonds. The average molecular weight is 436 g/mol. The summed E-state index contributed by atoms with van der Waals surface area (Å²) in [5.41, 5.74) is 0.695. The summed E-state index contributed by atoms with van der Waals surface area (Å²) in [6.07, 6.45) is -4.52. The predicted octanol–water partition coefficient (Wildman–Crippen LogP) is 3.39. The van der Waals surface area contributed by atoms with Crippen molar-refractivity contribution in [2.45, 2.75) is 12.6 Å². The van der Waals surface area contributed by atoms with Gasteiger partial charge < -0.3 is 24.4 Å². The Labute approximate surface area is 175 Å². The Morgan fingerprint density at radius 3 is 2.65 bits per heavy atom. The molecule has 10 heteroatoms. The van der Waals surface area contributed by atoms with Crippen LogP contribution in [-0.4, -0.2) is 44.4 Å². The Balaban J connectivity index is 1.43. The fraction of sp³-hybridized carbons (Fsp3) is 0.333. The number of hydrogen-bond acceptors (Lipinski definition) is 5. The minimum Gasteiger partial charge on any atom is -0.486 e. The lowest BCUT2D eigenvalue weighted by atomic mass is 10.1. The third-order valence-electron chi connectivity index (χ3n) is 4.87. The molecular weight excluding hydrogens is 417 g/mol.